The Kier molecular flexibility index (Phi) is 6.64. The monoisotopic (exact) mass is 197 g/mol. The summed E-state index contributed by atoms with van der Waals surface area (Å²) in [5.41, 5.74) is 5.15. The van der Waals surface area contributed by atoms with E-state index in [2.05, 4.69) is 0 Å². The zero-order valence-corrected chi connectivity index (χ0v) is 7.37. The Balaban J connectivity index is 0. The van der Waals surface area contributed by atoms with Gasteiger partial charge in [0, 0.05) is 6.42 Å². The van der Waals surface area contributed by atoms with Crippen molar-refractivity contribution in [3.05, 3.63) is 0 Å². The minimum atomic E-state index is -1.17. The third-order valence-electron chi connectivity index (χ3n) is 1.39. The van der Waals surface area contributed by atoms with Gasteiger partial charge in [-0.3, -0.25) is 9.59 Å². The molecule has 0 heterocycles. The molecule has 0 aromatic heterocycles. The molecule has 5 nitrogen and oxygen atoms in total. The summed E-state index contributed by atoms with van der Waals surface area (Å²) in [5.74, 6) is -2.74. The van der Waals surface area contributed by atoms with E-state index in [0.717, 1.165) is 0 Å². The number of halogens is 1. The van der Waals surface area contributed by atoms with Crippen LogP contribution in [0.2, 0.25) is 0 Å². The number of hydrogen-bond acceptors (Lipinski definition) is 3. The molecule has 0 spiro atoms. The Morgan fingerprint density at radius 3 is 2.08 bits per heavy atom. The first-order chi connectivity index (χ1) is 4.95. The lowest BCUT2D eigenvalue weighted by atomic mass is 10.00. The van der Waals surface area contributed by atoms with Crippen LogP contribution in [0, 0.1) is 5.92 Å². The van der Waals surface area contributed by atoms with E-state index in [1.54, 1.807) is 0 Å². The van der Waals surface area contributed by atoms with Gasteiger partial charge in [0.2, 0.25) is 0 Å². The highest BCUT2D eigenvalue weighted by molar-refractivity contribution is 5.85. The highest BCUT2D eigenvalue weighted by Gasteiger charge is 2.21. The molecule has 0 rings (SSSR count). The second-order valence-electron chi connectivity index (χ2n) is 2.44. The van der Waals surface area contributed by atoms with Crippen LogP contribution in [0.5, 0.6) is 0 Å². The molecule has 0 aliphatic heterocycles. The lowest BCUT2D eigenvalue weighted by Gasteiger charge is -2.12. The van der Waals surface area contributed by atoms with Gasteiger partial charge in [-0.1, -0.05) is 6.92 Å². The maximum absolute atomic E-state index is 10.2. The van der Waals surface area contributed by atoms with E-state index in [4.69, 9.17) is 15.9 Å². The quantitative estimate of drug-likeness (QED) is 0.586. The molecule has 0 aromatic rings. The fraction of sp³-hybridized carbons (Fsp3) is 0.667. The summed E-state index contributed by atoms with van der Waals surface area (Å²) in [6.45, 7) is 1.49. The van der Waals surface area contributed by atoms with E-state index in [9.17, 15) is 9.59 Å². The zero-order valence-electron chi connectivity index (χ0n) is 6.56. The van der Waals surface area contributed by atoms with Crippen LogP contribution in [0.4, 0.5) is 0 Å². The third-order valence-corrected chi connectivity index (χ3v) is 1.39. The predicted octanol–water partition coefficient (Wildman–Crippen LogP) is -0.0691. The molecule has 0 bridgehead atoms. The fourth-order valence-electron chi connectivity index (χ4n) is 0.646. The first kappa shape index (κ1) is 13.8. The van der Waals surface area contributed by atoms with Gasteiger partial charge in [-0.05, 0) is 5.92 Å². The Labute approximate surface area is 76.0 Å². The second-order valence-corrected chi connectivity index (χ2v) is 2.44. The summed E-state index contributed by atoms with van der Waals surface area (Å²) in [4.78, 5) is 20.3. The predicted molar refractivity (Wildman–Crippen MR) is 44.3 cm³/mol. The maximum Gasteiger partial charge on any atom is 0.320 e. The summed E-state index contributed by atoms with van der Waals surface area (Å²) in [5, 5.41) is 16.6. The summed E-state index contributed by atoms with van der Waals surface area (Å²) in [7, 11) is 0. The van der Waals surface area contributed by atoms with Crippen LogP contribution >= 0.6 is 12.4 Å². The number of aliphatic carboxylic acids is 2. The molecule has 6 heteroatoms. The molecule has 0 aromatic carbocycles. The molecular formula is C6H12ClNO4. The number of carboxylic acid groups (broad SMARTS) is 2. The largest absolute Gasteiger partial charge is 0.481 e. The number of carboxylic acids is 2. The molecule has 0 aliphatic carbocycles. The van der Waals surface area contributed by atoms with Gasteiger partial charge < -0.3 is 15.9 Å². The van der Waals surface area contributed by atoms with Gasteiger partial charge in [-0.25, -0.2) is 0 Å². The molecule has 0 saturated carbocycles. The minimum Gasteiger partial charge on any atom is -0.481 e. The van der Waals surface area contributed by atoms with Gasteiger partial charge in [0.15, 0.2) is 0 Å². The van der Waals surface area contributed by atoms with E-state index < -0.39 is 23.9 Å². The van der Waals surface area contributed by atoms with Crippen LogP contribution in [0.25, 0.3) is 0 Å². The zero-order chi connectivity index (χ0) is 9.02. The van der Waals surface area contributed by atoms with Crippen molar-refractivity contribution in [1.29, 1.82) is 0 Å². The molecule has 4 N–H and O–H groups in total. The summed E-state index contributed by atoms with van der Waals surface area (Å²) >= 11 is 0. The Morgan fingerprint density at radius 2 is 1.83 bits per heavy atom. The fourth-order valence-corrected chi connectivity index (χ4v) is 0.646. The number of hydrogen-bond donors (Lipinski definition) is 3. The molecule has 72 valence electrons. The normalized spacial score (nSPS) is 14.2. The van der Waals surface area contributed by atoms with Crippen molar-refractivity contribution < 1.29 is 19.8 Å². The Bertz CT molecular complexity index is 173. The smallest absolute Gasteiger partial charge is 0.320 e. The standard InChI is InChI=1S/C6H11NO4.ClH/c1-3(2-4(8)9)5(7)6(10)11;/h3,5H,2,7H2,1H3,(H,8,9)(H,10,11);1H. The van der Waals surface area contributed by atoms with Crippen molar-refractivity contribution in [3.8, 4) is 0 Å². The molecule has 0 aliphatic rings. The average molecular weight is 198 g/mol. The summed E-state index contributed by atoms with van der Waals surface area (Å²) in [6, 6.07) is -1.09. The van der Waals surface area contributed by atoms with Crippen LogP contribution in [-0.4, -0.2) is 28.2 Å². The summed E-state index contributed by atoms with van der Waals surface area (Å²) in [6.07, 6.45) is -0.215. The van der Waals surface area contributed by atoms with Crippen LogP contribution in [0.3, 0.4) is 0 Å². The van der Waals surface area contributed by atoms with Crippen LogP contribution < -0.4 is 5.73 Å². The number of carbonyl (C=O) groups is 2. The highest BCUT2D eigenvalue weighted by atomic mass is 35.5. The number of rotatable bonds is 4. The van der Waals surface area contributed by atoms with Crippen molar-refractivity contribution in [3.63, 3.8) is 0 Å². The van der Waals surface area contributed by atoms with Crippen LogP contribution in [-0.2, 0) is 9.59 Å². The first-order valence-electron chi connectivity index (χ1n) is 3.15. The van der Waals surface area contributed by atoms with Gasteiger partial charge >= 0.3 is 11.9 Å². The molecule has 0 amide bonds. The van der Waals surface area contributed by atoms with Crippen molar-refractivity contribution >= 4 is 24.3 Å². The van der Waals surface area contributed by atoms with E-state index in [0.29, 0.717) is 0 Å². The topological polar surface area (TPSA) is 101 Å². The van der Waals surface area contributed by atoms with Crippen molar-refractivity contribution in [1.82, 2.24) is 0 Å². The number of nitrogens with two attached hydrogens (primary N) is 1. The van der Waals surface area contributed by atoms with E-state index in [1.807, 2.05) is 0 Å². The molecule has 2 atom stereocenters. The van der Waals surface area contributed by atoms with E-state index >= 15 is 0 Å². The maximum atomic E-state index is 10.2. The van der Waals surface area contributed by atoms with Crippen molar-refractivity contribution in [2.75, 3.05) is 0 Å². The van der Waals surface area contributed by atoms with E-state index in [-0.39, 0.29) is 18.8 Å². The van der Waals surface area contributed by atoms with Gasteiger partial charge in [-0.15, -0.1) is 12.4 Å². The lowest BCUT2D eigenvalue weighted by Crippen LogP contribution is -2.37. The molecule has 0 fully saturated rings. The summed E-state index contributed by atoms with van der Waals surface area (Å²) < 4.78 is 0. The Morgan fingerprint density at radius 1 is 1.42 bits per heavy atom. The molecule has 2 unspecified atom stereocenters. The van der Waals surface area contributed by atoms with Crippen LogP contribution in [0.1, 0.15) is 13.3 Å². The molecule has 0 saturated heterocycles. The van der Waals surface area contributed by atoms with Crippen LogP contribution in [0.15, 0.2) is 0 Å². The van der Waals surface area contributed by atoms with Gasteiger partial charge in [0.1, 0.15) is 6.04 Å². The lowest BCUT2D eigenvalue weighted by molar-refractivity contribution is -0.141. The molecule has 0 radical (unpaired) electrons. The molecular weight excluding hydrogens is 186 g/mol. The Hall–Kier alpha value is -0.810. The molecule has 12 heavy (non-hydrogen) atoms. The van der Waals surface area contributed by atoms with Gasteiger partial charge in [-0.2, -0.15) is 0 Å². The second kappa shape index (κ2) is 5.79. The van der Waals surface area contributed by atoms with Gasteiger partial charge in [0.05, 0.1) is 0 Å². The minimum absolute atomic E-state index is 0. The van der Waals surface area contributed by atoms with Gasteiger partial charge in [0.25, 0.3) is 0 Å². The van der Waals surface area contributed by atoms with Crippen molar-refractivity contribution in [2.24, 2.45) is 11.7 Å². The highest BCUT2D eigenvalue weighted by Crippen LogP contribution is 2.05. The first-order valence-corrected chi connectivity index (χ1v) is 3.15. The third kappa shape index (κ3) is 4.92. The SMILES string of the molecule is CC(CC(=O)O)C(N)C(=O)O.Cl. The van der Waals surface area contributed by atoms with E-state index in [1.165, 1.54) is 6.92 Å². The average Bonchev–Trinajstić information content (AvgIpc) is 1.84. The van der Waals surface area contributed by atoms with Crippen molar-refractivity contribution in [2.45, 2.75) is 19.4 Å².